The Balaban J connectivity index is 1.99. The van der Waals surface area contributed by atoms with Crippen LogP contribution in [0.1, 0.15) is 17.7 Å². The Kier molecular flexibility index (Phi) is 8.24. The van der Waals surface area contributed by atoms with Gasteiger partial charge in [-0.1, -0.05) is 6.07 Å². The molecule has 146 valence electrons. The van der Waals surface area contributed by atoms with E-state index in [4.69, 9.17) is 15.2 Å². The highest BCUT2D eigenvalue weighted by atomic mass is 16.5. The van der Waals surface area contributed by atoms with Gasteiger partial charge in [-0.15, -0.1) is 0 Å². The summed E-state index contributed by atoms with van der Waals surface area (Å²) in [4.78, 5) is 24.9. The molecule has 9 nitrogen and oxygen atoms in total. The Labute approximate surface area is 159 Å². The van der Waals surface area contributed by atoms with Gasteiger partial charge >= 0.3 is 6.02 Å². The van der Waals surface area contributed by atoms with E-state index in [0.717, 1.165) is 24.3 Å². The van der Waals surface area contributed by atoms with Crippen molar-refractivity contribution in [3.05, 3.63) is 41.6 Å². The highest BCUT2D eigenvalue weighted by Gasteiger charge is 2.17. The summed E-state index contributed by atoms with van der Waals surface area (Å²) in [6.45, 7) is 4.42. The molecule has 1 aliphatic rings. The number of amides is 1. The Hall–Kier alpha value is -2.94. The van der Waals surface area contributed by atoms with Crippen molar-refractivity contribution in [2.24, 2.45) is 21.6 Å². The highest BCUT2D eigenvalue weighted by Crippen LogP contribution is 2.12. The topological polar surface area (TPSA) is 114 Å². The molecule has 0 aromatic carbocycles. The molecule has 1 aromatic heterocycles. The third-order valence-electron chi connectivity index (χ3n) is 3.77. The second-order valence-electron chi connectivity index (χ2n) is 6.26. The van der Waals surface area contributed by atoms with Gasteiger partial charge in [0.2, 0.25) is 6.41 Å². The molecule has 1 atom stereocenters. The fourth-order valence-corrected chi connectivity index (χ4v) is 2.34. The zero-order valence-corrected chi connectivity index (χ0v) is 15.7. The molecule has 1 aliphatic heterocycles. The minimum absolute atomic E-state index is 0.0855. The van der Waals surface area contributed by atoms with Crippen LogP contribution in [0.15, 0.2) is 40.3 Å². The van der Waals surface area contributed by atoms with Gasteiger partial charge in [0.15, 0.2) is 0 Å². The van der Waals surface area contributed by atoms with Crippen molar-refractivity contribution in [1.82, 2.24) is 15.2 Å². The summed E-state index contributed by atoms with van der Waals surface area (Å²) in [5.74, 6) is 0.391. The predicted molar refractivity (Wildman–Crippen MR) is 103 cm³/mol. The number of nitrogens with one attached hydrogen (secondary N) is 1. The number of carbonyl (C=O) groups excluding carboxylic acids is 1. The minimum atomic E-state index is 0.0855. The van der Waals surface area contributed by atoms with E-state index in [1.807, 2.05) is 37.2 Å². The van der Waals surface area contributed by atoms with Crippen LogP contribution >= 0.6 is 0 Å². The maximum Gasteiger partial charge on any atom is 0.319 e. The fourth-order valence-electron chi connectivity index (χ4n) is 2.34. The van der Waals surface area contributed by atoms with Gasteiger partial charge in [0, 0.05) is 44.2 Å². The van der Waals surface area contributed by atoms with Gasteiger partial charge in [-0.05, 0) is 25.0 Å². The summed E-state index contributed by atoms with van der Waals surface area (Å²) in [6, 6.07) is 4.10. The number of ether oxygens (including phenoxy) is 2. The van der Waals surface area contributed by atoms with Crippen LogP contribution in [0.2, 0.25) is 0 Å². The third-order valence-corrected chi connectivity index (χ3v) is 3.77. The summed E-state index contributed by atoms with van der Waals surface area (Å²) in [5.41, 5.74) is 7.77. The average Bonchev–Trinajstić information content (AvgIpc) is 3.17. The van der Waals surface area contributed by atoms with Crippen molar-refractivity contribution >= 4 is 18.8 Å². The van der Waals surface area contributed by atoms with Crippen LogP contribution in [-0.4, -0.2) is 55.5 Å². The molecule has 1 aromatic rings. The highest BCUT2D eigenvalue weighted by molar-refractivity contribution is 5.83. The summed E-state index contributed by atoms with van der Waals surface area (Å²) in [5, 5.41) is 2.33. The Bertz CT molecular complexity index is 681. The molecule has 3 N–H and O–H groups in total. The van der Waals surface area contributed by atoms with Crippen LogP contribution in [0, 0.1) is 12.8 Å². The number of pyridine rings is 1. The number of aryl methyl sites for hydroxylation is 1. The van der Waals surface area contributed by atoms with E-state index in [1.165, 1.54) is 6.20 Å². The van der Waals surface area contributed by atoms with Crippen molar-refractivity contribution in [2.75, 3.05) is 26.9 Å². The SMILES string of the molecule is Cc1ccc(CN(C)/C=N/C(=N\C(N)=C\NC=O)OCC2CCOC2)cn1. The Morgan fingerprint density at radius 1 is 1.56 bits per heavy atom. The monoisotopic (exact) mass is 374 g/mol. The zero-order chi connectivity index (χ0) is 19.5. The molecule has 9 heteroatoms. The smallest absolute Gasteiger partial charge is 0.319 e. The largest absolute Gasteiger partial charge is 0.463 e. The molecule has 1 fully saturated rings. The molecule has 0 spiro atoms. The van der Waals surface area contributed by atoms with Gasteiger partial charge in [0.25, 0.3) is 0 Å². The molecule has 2 heterocycles. The van der Waals surface area contributed by atoms with Crippen LogP contribution in [-0.2, 0) is 20.8 Å². The molecule has 1 saturated heterocycles. The lowest BCUT2D eigenvalue weighted by atomic mass is 10.1. The van der Waals surface area contributed by atoms with Crippen LogP contribution in [0.25, 0.3) is 0 Å². The second-order valence-corrected chi connectivity index (χ2v) is 6.26. The van der Waals surface area contributed by atoms with Crippen LogP contribution in [0.3, 0.4) is 0 Å². The van der Waals surface area contributed by atoms with Crippen molar-refractivity contribution in [3.8, 4) is 0 Å². The number of hydrogen-bond acceptors (Lipinski definition) is 6. The van der Waals surface area contributed by atoms with E-state index in [2.05, 4.69) is 20.3 Å². The van der Waals surface area contributed by atoms with Crippen molar-refractivity contribution < 1.29 is 14.3 Å². The number of nitrogens with two attached hydrogens (primary N) is 1. The molecule has 0 aliphatic carbocycles. The van der Waals surface area contributed by atoms with E-state index < -0.39 is 0 Å². The standard InChI is InChI=1S/C18H26N6O3/c1-14-3-4-15(7-21-14)9-24(2)12-22-18(23-17(19)8-20-13-25)27-11-16-5-6-26-10-16/h3-4,7-8,12-13,16H,5-6,9-11,19H2,1-2H3,(H,20,25)/b17-8+,22-12+,23-18+. The van der Waals surface area contributed by atoms with Crippen LogP contribution < -0.4 is 11.1 Å². The number of aromatic nitrogens is 1. The zero-order valence-electron chi connectivity index (χ0n) is 15.7. The van der Waals surface area contributed by atoms with E-state index in [-0.39, 0.29) is 11.8 Å². The lowest BCUT2D eigenvalue weighted by Gasteiger charge is -2.14. The first kappa shape index (κ1) is 20.4. The lowest BCUT2D eigenvalue weighted by Crippen LogP contribution is -2.19. The molecule has 0 saturated carbocycles. The van der Waals surface area contributed by atoms with Gasteiger partial charge in [0.05, 0.1) is 19.6 Å². The van der Waals surface area contributed by atoms with Gasteiger partial charge in [-0.2, -0.15) is 9.98 Å². The van der Waals surface area contributed by atoms with E-state index in [1.54, 1.807) is 6.34 Å². The van der Waals surface area contributed by atoms with Crippen molar-refractivity contribution in [2.45, 2.75) is 19.9 Å². The van der Waals surface area contributed by atoms with Crippen LogP contribution in [0.5, 0.6) is 0 Å². The number of rotatable bonds is 8. The minimum Gasteiger partial charge on any atom is -0.463 e. The summed E-state index contributed by atoms with van der Waals surface area (Å²) < 4.78 is 11.0. The number of aliphatic imine (C=N–C) groups is 2. The first-order valence-corrected chi connectivity index (χ1v) is 8.67. The van der Waals surface area contributed by atoms with E-state index in [9.17, 15) is 4.79 Å². The summed E-state index contributed by atoms with van der Waals surface area (Å²) in [7, 11) is 1.89. The number of carbonyl (C=O) groups is 1. The first-order valence-electron chi connectivity index (χ1n) is 8.67. The van der Waals surface area contributed by atoms with Gasteiger partial charge in [0.1, 0.15) is 5.82 Å². The molecule has 1 unspecified atom stereocenters. The number of nitrogens with zero attached hydrogens (tertiary/aromatic N) is 4. The lowest BCUT2D eigenvalue weighted by molar-refractivity contribution is -0.108. The molecular formula is C18H26N6O3. The predicted octanol–water partition coefficient (Wildman–Crippen LogP) is 0.763. The van der Waals surface area contributed by atoms with Crippen molar-refractivity contribution in [1.29, 1.82) is 0 Å². The number of hydrogen-bond donors (Lipinski definition) is 2. The van der Waals surface area contributed by atoms with Crippen LogP contribution in [0.4, 0.5) is 0 Å². The molecule has 27 heavy (non-hydrogen) atoms. The quantitative estimate of drug-likeness (QED) is 0.394. The number of amidine groups is 1. The van der Waals surface area contributed by atoms with Gasteiger partial charge in [-0.3, -0.25) is 9.78 Å². The molecule has 2 rings (SSSR count). The molecule has 0 bridgehead atoms. The first-order chi connectivity index (χ1) is 13.1. The molecule has 1 amide bonds. The maximum absolute atomic E-state index is 10.4. The second kappa shape index (κ2) is 10.9. The Morgan fingerprint density at radius 2 is 2.41 bits per heavy atom. The summed E-state index contributed by atoms with van der Waals surface area (Å²) >= 11 is 0. The van der Waals surface area contributed by atoms with Crippen molar-refractivity contribution in [3.63, 3.8) is 0 Å². The Morgan fingerprint density at radius 3 is 3.07 bits per heavy atom. The van der Waals surface area contributed by atoms with Gasteiger partial charge < -0.3 is 25.4 Å². The summed E-state index contributed by atoms with van der Waals surface area (Å²) in [6.07, 6.45) is 6.16. The van der Waals surface area contributed by atoms with E-state index >= 15 is 0 Å². The molecular weight excluding hydrogens is 348 g/mol. The maximum atomic E-state index is 10.4. The normalized spacial score (nSPS) is 17.9. The third kappa shape index (κ3) is 7.87. The average molecular weight is 374 g/mol. The molecule has 0 radical (unpaired) electrons. The van der Waals surface area contributed by atoms with E-state index in [0.29, 0.717) is 32.1 Å². The van der Waals surface area contributed by atoms with Gasteiger partial charge in [-0.25, -0.2) is 0 Å². The fraction of sp³-hybridized carbons (Fsp3) is 0.444.